The Hall–Kier alpha value is -3.65. The third-order valence-corrected chi connectivity index (χ3v) is 4.44. The molecule has 0 unspecified atom stereocenters. The zero-order valence-electron chi connectivity index (χ0n) is 16.0. The van der Waals surface area contributed by atoms with Crippen LogP contribution >= 0.6 is 11.6 Å². The average Bonchev–Trinajstić information content (AvgIpc) is 2.91. The second-order valence-corrected chi connectivity index (χ2v) is 7.03. The van der Waals surface area contributed by atoms with Crippen LogP contribution in [0.25, 0.3) is 0 Å². The predicted molar refractivity (Wildman–Crippen MR) is 109 cm³/mol. The minimum Gasteiger partial charge on any atom is -0.478 e. The summed E-state index contributed by atoms with van der Waals surface area (Å²) in [6.07, 6.45) is -0.329. The van der Waals surface area contributed by atoms with E-state index in [0.717, 1.165) is 4.90 Å². The maximum absolute atomic E-state index is 12.9. The number of esters is 1. The van der Waals surface area contributed by atoms with Crippen molar-refractivity contribution in [2.24, 2.45) is 0 Å². The number of ether oxygens (including phenoxy) is 1. The lowest BCUT2D eigenvalue weighted by atomic mass is 10.2. The van der Waals surface area contributed by atoms with Crippen molar-refractivity contribution in [2.75, 3.05) is 10.2 Å². The number of nitrogens with one attached hydrogen (secondary N) is 1. The number of carbonyl (C=O) groups is 4. The number of amides is 2. The Morgan fingerprint density at radius 1 is 1.03 bits per heavy atom. The zero-order valence-corrected chi connectivity index (χ0v) is 16.8. The van der Waals surface area contributed by atoms with E-state index in [2.05, 4.69) is 5.32 Å². The van der Waals surface area contributed by atoms with E-state index in [0.29, 0.717) is 0 Å². The molecule has 2 N–H and O–H groups in total. The van der Waals surface area contributed by atoms with Crippen molar-refractivity contribution in [1.29, 1.82) is 0 Å². The fourth-order valence-corrected chi connectivity index (χ4v) is 2.99. The molecule has 2 aromatic carbocycles. The fourth-order valence-electron chi connectivity index (χ4n) is 2.77. The number of halogens is 1. The minimum absolute atomic E-state index is 0.00159. The number of carbonyl (C=O) groups excluding carboxylic acids is 3. The Labute approximate surface area is 176 Å². The average molecular weight is 429 g/mol. The van der Waals surface area contributed by atoms with Crippen LogP contribution in [0.1, 0.15) is 34.6 Å². The molecule has 0 aliphatic carbocycles. The van der Waals surface area contributed by atoms with Crippen LogP contribution in [-0.4, -0.2) is 35.0 Å². The van der Waals surface area contributed by atoms with Gasteiger partial charge in [-0.25, -0.2) is 14.5 Å². The number of carboxylic acid groups (broad SMARTS) is 1. The second-order valence-electron chi connectivity index (χ2n) is 6.65. The fraction of sp³-hybridized carbons (Fsp3) is 0.143. The molecule has 0 radical (unpaired) electrons. The van der Waals surface area contributed by atoms with Crippen LogP contribution in [0.3, 0.4) is 0 Å². The first-order chi connectivity index (χ1) is 14.2. The number of aromatic carboxylic acids is 1. The third kappa shape index (κ3) is 4.18. The number of hydrogen-bond donors (Lipinski definition) is 2. The molecule has 1 heterocycles. The molecule has 9 heteroatoms. The van der Waals surface area contributed by atoms with Crippen molar-refractivity contribution in [2.45, 2.75) is 20.0 Å². The largest absolute Gasteiger partial charge is 0.478 e. The number of hydrogen-bond acceptors (Lipinski definition) is 6. The summed E-state index contributed by atoms with van der Waals surface area (Å²) in [6, 6.07) is 11.6. The Kier molecular flexibility index (Phi) is 5.89. The summed E-state index contributed by atoms with van der Waals surface area (Å²) in [5, 5.41) is 11.5. The lowest BCUT2D eigenvalue weighted by Crippen LogP contribution is -2.32. The van der Waals surface area contributed by atoms with E-state index in [4.69, 9.17) is 21.4 Å². The molecule has 0 spiro atoms. The summed E-state index contributed by atoms with van der Waals surface area (Å²) >= 11 is 6.09. The van der Waals surface area contributed by atoms with Gasteiger partial charge >= 0.3 is 11.9 Å². The van der Waals surface area contributed by atoms with Gasteiger partial charge in [0.05, 0.1) is 22.9 Å². The van der Waals surface area contributed by atoms with Gasteiger partial charge in [0.15, 0.2) is 0 Å². The van der Waals surface area contributed by atoms with Gasteiger partial charge in [-0.3, -0.25) is 9.59 Å². The monoisotopic (exact) mass is 428 g/mol. The van der Waals surface area contributed by atoms with Crippen molar-refractivity contribution in [3.05, 3.63) is 70.4 Å². The van der Waals surface area contributed by atoms with E-state index < -0.39 is 23.8 Å². The SMILES string of the molecule is CC(C)OC(=O)c1cccc(N2C(=O)C(Cl)=C(Nc3cccc(C(=O)O)c3)C2=O)c1. The molecule has 1 aliphatic rings. The molecule has 1 aliphatic heterocycles. The molecule has 8 nitrogen and oxygen atoms in total. The van der Waals surface area contributed by atoms with E-state index >= 15 is 0 Å². The van der Waals surface area contributed by atoms with Gasteiger partial charge in [0.25, 0.3) is 11.8 Å². The van der Waals surface area contributed by atoms with E-state index in [9.17, 15) is 19.2 Å². The number of carboxylic acids is 1. The summed E-state index contributed by atoms with van der Waals surface area (Å²) in [4.78, 5) is 49.6. The van der Waals surface area contributed by atoms with Gasteiger partial charge in [-0.1, -0.05) is 23.7 Å². The highest BCUT2D eigenvalue weighted by Crippen LogP contribution is 2.30. The lowest BCUT2D eigenvalue weighted by Gasteiger charge is -2.16. The second kappa shape index (κ2) is 8.38. The highest BCUT2D eigenvalue weighted by atomic mass is 35.5. The molecule has 0 fully saturated rings. The topological polar surface area (TPSA) is 113 Å². The maximum Gasteiger partial charge on any atom is 0.338 e. The van der Waals surface area contributed by atoms with Crippen LogP contribution in [0.4, 0.5) is 11.4 Å². The molecule has 0 atom stereocenters. The van der Waals surface area contributed by atoms with Gasteiger partial charge in [0.2, 0.25) is 0 Å². The van der Waals surface area contributed by atoms with Gasteiger partial charge in [0, 0.05) is 5.69 Å². The molecule has 154 valence electrons. The number of benzene rings is 2. The van der Waals surface area contributed by atoms with Crippen LogP contribution in [0.2, 0.25) is 0 Å². The normalized spacial score (nSPS) is 13.8. The van der Waals surface area contributed by atoms with E-state index in [-0.39, 0.29) is 39.3 Å². The number of rotatable bonds is 6. The highest BCUT2D eigenvalue weighted by Gasteiger charge is 2.39. The van der Waals surface area contributed by atoms with Gasteiger partial charge in [0.1, 0.15) is 10.7 Å². The molecule has 3 rings (SSSR count). The molecule has 0 bridgehead atoms. The predicted octanol–water partition coefficient (Wildman–Crippen LogP) is 3.39. The van der Waals surface area contributed by atoms with Crippen LogP contribution in [0.5, 0.6) is 0 Å². The molecule has 0 saturated carbocycles. The number of nitrogens with zero attached hydrogens (tertiary/aromatic N) is 1. The molecule has 0 aromatic heterocycles. The standard InChI is InChI=1S/C21H17ClN2O6/c1-11(2)30-21(29)13-6-4-8-15(10-13)24-18(25)16(22)17(19(24)26)23-14-7-3-5-12(9-14)20(27)28/h3-11,23H,1-2H3,(H,27,28). The lowest BCUT2D eigenvalue weighted by molar-refractivity contribution is -0.120. The molecule has 30 heavy (non-hydrogen) atoms. The first-order valence-corrected chi connectivity index (χ1v) is 9.27. The Morgan fingerprint density at radius 2 is 1.70 bits per heavy atom. The quantitative estimate of drug-likeness (QED) is 0.535. The molecule has 2 aromatic rings. The summed E-state index contributed by atoms with van der Waals surface area (Å²) in [7, 11) is 0. The molecular weight excluding hydrogens is 412 g/mol. The van der Waals surface area contributed by atoms with Crippen molar-refractivity contribution in [3.8, 4) is 0 Å². The van der Waals surface area contributed by atoms with Gasteiger partial charge < -0.3 is 15.2 Å². The van der Waals surface area contributed by atoms with E-state index in [1.165, 1.54) is 48.5 Å². The Balaban J connectivity index is 1.88. The van der Waals surface area contributed by atoms with E-state index in [1.54, 1.807) is 13.8 Å². The highest BCUT2D eigenvalue weighted by molar-refractivity contribution is 6.53. The smallest absolute Gasteiger partial charge is 0.338 e. The van der Waals surface area contributed by atoms with Crippen molar-refractivity contribution >= 4 is 46.7 Å². The van der Waals surface area contributed by atoms with Gasteiger partial charge in [-0.05, 0) is 50.2 Å². The minimum atomic E-state index is -1.14. The summed E-state index contributed by atoms with van der Waals surface area (Å²) in [6.45, 7) is 3.41. The van der Waals surface area contributed by atoms with Crippen LogP contribution < -0.4 is 10.2 Å². The first kappa shape index (κ1) is 21.1. The summed E-state index contributed by atoms with van der Waals surface area (Å²) < 4.78 is 5.14. The molecule has 0 saturated heterocycles. The van der Waals surface area contributed by atoms with Gasteiger partial charge in [-0.15, -0.1) is 0 Å². The van der Waals surface area contributed by atoms with Crippen LogP contribution in [-0.2, 0) is 14.3 Å². The summed E-state index contributed by atoms with van der Waals surface area (Å²) in [5.41, 5.74) is 0.410. The van der Waals surface area contributed by atoms with Crippen LogP contribution in [0.15, 0.2) is 59.3 Å². The van der Waals surface area contributed by atoms with Crippen LogP contribution in [0, 0.1) is 0 Å². The van der Waals surface area contributed by atoms with Crippen molar-refractivity contribution < 1.29 is 29.0 Å². The van der Waals surface area contributed by atoms with Crippen molar-refractivity contribution in [3.63, 3.8) is 0 Å². The zero-order chi connectivity index (χ0) is 22.0. The molecular formula is C21H17ClN2O6. The van der Waals surface area contributed by atoms with Crippen molar-refractivity contribution in [1.82, 2.24) is 0 Å². The Morgan fingerprint density at radius 3 is 2.37 bits per heavy atom. The first-order valence-electron chi connectivity index (χ1n) is 8.89. The summed E-state index contributed by atoms with van der Waals surface area (Å²) in [5.74, 6) is -3.24. The Bertz CT molecular complexity index is 1090. The third-order valence-electron chi connectivity index (χ3n) is 4.09. The molecule has 2 amide bonds. The van der Waals surface area contributed by atoms with Gasteiger partial charge in [-0.2, -0.15) is 0 Å². The van der Waals surface area contributed by atoms with E-state index in [1.807, 2.05) is 0 Å². The maximum atomic E-state index is 12.9. The number of imide groups is 1. The number of anilines is 2.